The molecule has 5 heteroatoms. The highest BCUT2D eigenvalue weighted by atomic mass is 32.1. The molecule has 0 atom stereocenters. The molecule has 98 valence electrons. The van der Waals surface area contributed by atoms with Crippen molar-refractivity contribution < 1.29 is 4.79 Å². The Morgan fingerprint density at radius 2 is 2.05 bits per heavy atom. The molecule has 0 fully saturated rings. The number of amides is 1. The minimum atomic E-state index is -0.725. The van der Waals surface area contributed by atoms with Crippen LogP contribution in [-0.4, -0.2) is 21.4 Å². The van der Waals surface area contributed by atoms with Gasteiger partial charge in [0.1, 0.15) is 0 Å². The summed E-state index contributed by atoms with van der Waals surface area (Å²) in [5, 5.41) is 3.64. The Hall–Kier alpha value is -2.01. The fraction of sp³-hybridized carbons (Fsp3) is 0.214. The standard InChI is InChI=1S/C14H15N3OS/c1-14(2,13(15)19)17-12(18)10-5-3-7-11-9(10)6-4-8-16-11/h3-8H,1-2H3,(H2,15,19)(H,17,18). The zero-order chi connectivity index (χ0) is 14.0. The van der Waals surface area contributed by atoms with Crippen LogP contribution in [0.5, 0.6) is 0 Å². The first kappa shape index (κ1) is 13.4. The van der Waals surface area contributed by atoms with Crippen molar-refractivity contribution in [3.05, 3.63) is 42.1 Å². The number of hydrogen-bond donors (Lipinski definition) is 2. The van der Waals surface area contributed by atoms with E-state index in [1.165, 1.54) is 0 Å². The Balaban J connectivity index is 2.40. The predicted molar refractivity (Wildman–Crippen MR) is 80.1 cm³/mol. The molecule has 0 aliphatic heterocycles. The lowest BCUT2D eigenvalue weighted by atomic mass is 10.0. The summed E-state index contributed by atoms with van der Waals surface area (Å²) in [7, 11) is 0. The molecule has 4 nitrogen and oxygen atoms in total. The minimum absolute atomic E-state index is 0.212. The summed E-state index contributed by atoms with van der Waals surface area (Å²) >= 11 is 4.95. The van der Waals surface area contributed by atoms with Crippen molar-refractivity contribution in [2.24, 2.45) is 5.73 Å². The van der Waals surface area contributed by atoms with Crippen LogP contribution in [0.1, 0.15) is 24.2 Å². The van der Waals surface area contributed by atoms with Gasteiger partial charge in [0, 0.05) is 17.1 Å². The van der Waals surface area contributed by atoms with E-state index in [4.69, 9.17) is 18.0 Å². The SMILES string of the molecule is CC(C)(NC(=O)c1cccc2ncccc12)C(N)=S. The summed E-state index contributed by atoms with van der Waals surface area (Å²) < 4.78 is 0. The Bertz CT molecular complexity index is 647. The molecule has 0 aliphatic carbocycles. The van der Waals surface area contributed by atoms with Crippen LogP contribution in [0.2, 0.25) is 0 Å². The number of thiocarbonyl (C=S) groups is 1. The Morgan fingerprint density at radius 1 is 1.32 bits per heavy atom. The number of carbonyl (C=O) groups excluding carboxylic acids is 1. The molecule has 2 rings (SSSR count). The van der Waals surface area contributed by atoms with Gasteiger partial charge in [0.05, 0.1) is 16.0 Å². The number of nitrogens with zero attached hydrogens (tertiary/aromatic N) is 1. The molecular weight excluding hydrogens is 258 g/mol. The highest BCUT2D eigenvalue weighted by Gasteiger charge is 2.24. The van der Waals surface area contributed by atoms with Crippen LogP contribution >= 0.6 is 12.2 Å². The van der Waals surface area contributed by atoms with Gasteiger partial charge >= 0.3 is 0 Å². The molecule has 0 radical (unpaired) electrons. The summed E-state index contributed by atoms with van der Waals surface area (Å²) in [6.45, 7) is 3.55. The summed E-state index contributed by atoms with van der Waals surface area (Å²) in [6.07, 6.45) is 1.70. The zero-order valence-electron chi connectivity index (χ0n) is 10.8. The number of pyridine rings is 1. The summed E-state index contributed by atoms with van der Waals surface area (Å²) in [5.41, 5.74) is 6.23. The van der Waals surface area contributed by atoms with Crippen molar-refractivity contribution >= 4 is 34.0 Å². The average Bonchev–Trinajstić information content (AvgIpc) is 2.37. The van der Waals surface area contributed by atoms with E-state index in [0.29, 0.717) is 5.56 Å². The predicted octanol–water partition coefficient (Wildman–Crippen LogP) is 2.03. The molecule has 1 heterocycles. The third-order valence-electron chi connectivity index (χ3n) is 2.93. The molecule has 0 aliphatic rings. The van der Waals surface area contributed by atoms with Crippen molar-refractivity contribution in [1.29, 1.82) is 0 Å². The largest absolute Gasteiger partial charge is 0.391 e. The van der Waals surface area contributed by atoms with Crippen LogP contribution in [0.3, 0.4) is 0 Å². The van der Waals surface area contributed by atoms with Gasteiger partial charge in [-0.25, -0.2) is 0 Å². The van der Waals surface area contributed by atoms with Gasteiger partial charge in [-0.15, -0.1) is 0 Å². The van der Waals surface area contributed by atoms with Crippen LogP contribution in [-0.2, 0) is 0 Å². The second-order valence-electron chi connectivity index (χ2n) is 4.82. The van der Waals surface area contributed by atoms with E-state index in [-0.39, 0.29) is 10.9 Å². The Morgan fingerprint density at radius 3 is 2.74 bits per heavy atom. The number of aromatic nitrogens is 1. The van der Waals surface area contributed by atoms with Crippen LogP contribution in [0.25, 0.3) is 10.9 Å². The minimum Gasteiger partial charge on any atom is -0.391 e. The molecule has 1 aromatic heterocycles. The highest BCUT2D eigenvalue weighted by Crippen LogP contribution is 2.17. The summed E-state index contributed by atoms with van der Waals surface area (Å²) in [6, 6.07) is 9.10. The van der Waals surface area contributed by atoms with Crippen molar-refractivity contribution in [3.63, 3.8) is 0 Å². The van der Waals surface area contributed by atoms with Gasteiger partial charge in [-0.1, -0.05) is 24.4 Å². The number of hydrogen-bond acceptors (Lipinski definition) is 3. The van der Waals surface area contributed by atoms with Gasteiger partial charge in [-0.3, -0.25) is 9.78 Å². The number of benzene rings is 1. The number of nitrogens with one attached hydrogen (secondary N) is 1. The first-order valence-corrected chi connectivity index (χ1v) is 6.29. The van der Waals surface area contributed by atoms with Crippen molar-refractivity contribution in [2.45, 2.75) is 19.4 Å². The van der Waals surface area contributed by atoms with E-state index in [1.54, 1.807) is 38.2 Å². The molecule has 0 saturated carbocycles. The fourth-order valence-electron chi connectivity index (χ4n) is 1.71. The van der Waals surface area contributed by atoms with E-state index in [9.17, 15) is 4.79 Å². The van der Waals surface area contributed by atoms with Gasteiger partial charge < -0.3 is 11.1 Å². The Kier molecular flexibility index (Phi) is 3.48. The normalized spacial score (nSPS) is 11.3. The maximum Gasteiger partial charge on any atom is 0.252 e. The van der Waals surface area contributed by atoms with Crippen LogP contribution < -0.4 is 11.1 Å². The molecular formula is C14H15N3OS. The molecule has 0 spiro atoms. The molecule has 0 saturated heterocycles. The summed E-state index contributed by atoms with van der Waals surface area (Å²) in [5.74, 6) is -0.212. The maximum atomic E-state index is 12.3. The van der Waals surface area contributed by atoms with Crippen LogP contribution in [0, 0.1) is 0 Å². The Labute approximate surface area is 117 Å². The topological polar surface area (TPSA) is 68.0 Å². The number of rotatable bonds is 3. The van der Waals surface area contributed by atoms with Crippen molar-refractivity contribution in [1.82, 2.24) is 10.3 Å². The zero-order valence-corrected chi connectivity index (χ0v) is 11.6. The monoisotopic (exact) mass is 273 g/mol. The third kappa shape index (κ3) is 2.71. The fourth-order valence-corrected chi connectivity index (χ4v) is 1.77. The summed E-state index contributed by atoms with van der Waals surface area (Å²) in [4.78, 5) is 16.8. The first-order valence-electron chi connectivity index (χ1n) is 5.88. The smallest absolute Gasteiger partial charge is 0.252 e. The van der Waals surface area contributed by atoms with Crippen LogP contribution in [0.15, 0.2) is 36.5 Å². The second-order valence-corrected chi connectivity index (χ2v) is 5.26. The maximum absolute atomic E-state index is 12.3. The number of nitrogens with two attached hydrogens (primary N) is 1. The number of carbonyl (C=O) groups is 1. The van der Waals surface area contributed by atoms with Crippen molar-refractivity contribution in [3.8, 4) is 0 Å². The number of fused-ring (bicyclic) bond motifs is 1. The highest BCUT2D eigenvalue weighted by molar-refractivity contribution is 7.80. The van der Waals surface area contributed by atoms with Gasteiger partial charge in [-0.05, 0) is 32.0 Å². The van der Waals surface area contributed by atoms with Crippen LogP contribution in [0.4, 0.5) is 0 Å². The van der Waals surface area contributed by atoms with Gasteiger partial charge in [0.2, 0.25) is 0 Å². The molecule has 1 amide bonds. The van der Waals surface area contributed by atoms with Crippen molar-refractivity contribution in [2.75, 3.05) is 0 Å². The molecule has 0 unspecified atom stereocenters. The third-order valence-corrected chi connectivity index (χ3v) is 3.44. The van der Waals surface area contributed by atoms with E-state index in [2.05, 4.69) is 10.3 Å². The lowest BCUT2D eigenvalue weighted by Crippen LogP contribution is -2.52. The van der Waals surface area contributed by atoms with E-state index in [1.807, 2.05) is 12.1 Å². The average molecular weight is 273 g/mol. The molecule has 0 bridgehead atoms. The van der Waals surface area contributed by atoms with E-state index in [0.717, 1.165) is 10.9 Å². The lowest BCUT2D eigenvalue weighted by molar-refractivity contribution is 0.0934. The van der Waals surface area contributed by atoms with E-state index >= 15 is 0 Å². The molecule has 19 heavy (non-hydrogen) atoms. The molecule has 1 aromatic carbocycles. The first-order chi connectivity index (χ1) is 8.92. The lowest BCUT2D eigenvalue weighted by Gasteiger charge is -2.25. The molecule has 3 N–H and O–H groups in total. The second kappa shape index (κ2) is 4.93. The van der Waals surface area contributed by atoms with Gasteiger partial charge in [0.15, 0.2) is 0 Å². The van der Waals surface area contributed by atoms with Gasteiger partial charge in [0.25, 0.3) is 5.91 Å². The van der Waals surface area contributed by atoms with E-state index < -0.39 is 5.54 Å². The molecule has 2 aromatic rings. The van der Waals surface area contributed by atoms with Gasteiger partial charge in [-0.2, -0.15) is 0 Å². The quantitative estimate of drug-likeness (QED) is 0.840.